The van der Waals surface area contributed by atoms with Crippen molar-refractivity contribution < 1.29 is 19.1 Å². The smallest absolute Gasteiger partial charge is 0.229 e. The SMILES string of the molecule is COc1ccc(CCNC(=O)CC(=O)NC2CC2)cc1OC. The van der Waals surface area contributed by atoms with E-state index in [1.165, 1.54) is 0 Å². The highest BCUT2D eigenvalue weighted by molar-refractivity contribution is 5.97. The molecule has 120 valence electrons. The van der Waals surface area contributed by atoms with Gasteiger partial charge in [0.2, 0.25) is 11.8 Å². The van der Waals surface area contributed by atoms with Crippen molar-refractivity contribution >= 4 is 11.8 Å². The second-order valence-corrected chi connectivity index (χ2v) is 5.31. The molecule has 0 saturated heterocycles. The van der Waals surface area contributed by atoms with E-state index in [9.17, 15) is 9.59 Å². The Morgan fingerprint density at radius 3 is 2.50 bits per heavy atom. The minimum Gasteiger partial charge on any atom is -0.493 e. The minimum absolute atomic E-state index is 0.109. The molecule has 0 atom stereocenters. The van der Waals surface area contributed by atoms with Crippen molar-refractivity contribution in [3.8, 4) is 11.5 Å². The normalized spacial score (nSPS) is 13.4. The van der Waals surface area contributed by atoms with E-state index in [0.717, 1.165) is 18.4 Å². The second kappa shape index (κ2) is 7.68. The molecule has 0 unspecified atom stereocenters. The van der Waals surface area contributed by atoms with Crippen LogP contribution in [0.4, 0.5) is 0 Å². The van der Waals surface area contributed by atoms with Crippen LogP contribution in [-0.2, 0) is 16.0 Å². The maximum absolute atomic E-state index is 11.7. The summed E-state index contributed by atoms with van der Waals surface area (Å²) in [7, 11) is 3.17. The summed E-state index contributed by atoms with van der Waals surface area (Å²) in [6.45, 7) is 0.477. The van der Waals surface area contributed by atoms with E-state index in [0.29, 0.717) is 24.5 Å². The van der Waals surface area contributed by atoms with Gasteiger partial charge in [-0.15, -0.1) is 0 Å². The average Bonchev–Trinajstić information content (AvgIpc) is 3.30. The third-order valence-corrected chi connectivity index (χ3v) is 3.45. The van der Waals surface area contributed by atoms with Crippen LogP contribution in [0, 0.1) is 0 Å². The molecule has 6 heteroatoms. The monoisotopic (exact) mass is 306 g/mol. The first kappa shape index (κ1) is 16.1. The molecule has 0 bridgehead atoms. The zero-order valence-corrected chi connectivity index (χ0v) is 13.0. The van der Waals surface area contributed by atoms with Crippen LogP contribution < -0.4 is 20.1 Å². The molecular weight excluding hydrogens is 284 g/mol. The third kappa shape index (κ3) is 4.95. The number of benzene rings is 1. The highest BCUT2D eigenvalue weighted by Gasteiger charge is 2.23. The molecule has 1 aromatic rings. The number of ether oxygens (including phenoxy) is 2. The maximum atomic E-state index is 11.7. The van der Waals surface area contributed by atoms with E-state index in [1.807, 2.05) is 18.2 Å². The number of nitrogens with one attached hydrogen (secondary N) is 2. The molecule has 1 aromatic carbocycles. The van der Waals surface area contributed by atoms with Gasteiger partial charge in [0.1, 0.15) is 6.42 Å². The predicted octanol–water partition coefficient (Wildman–Crippen LogP) is 1.03. The van der Waals surface area contributed by atoms with Gasteiger partial charge in [0, 0.05) is 12.6 Å². The van der Waals surface area contributed by atoms with Gasteiger partial charge in [-0.3, -0.25) is 9.59 Å². The zero-order valence-electron chi connectivity index (χ0n) is 13.0. The van der Waals surface area contributed by atoms with Crippen molar-refractivity contribution in [1.29, 1.82) is 0 Å². The average molecular weight is 306 g/mol. The molecule has 2 amide bonds. The number of carbonyl (C=O) groups excluding carboxylic acids is 2. The fourth-order valence-corrected chi connectivity index (χ4v) is 2.10. The summed E-state index contributed by atoms with van der Waals surface area (Å²) in [5.41, 5.74) is 1.03. The predicted molar refractivity (Wildman–Crippen MR) is 82.0 cm³/mol. The summed E-state index contributed by atoms with van der Waals surface area (Å²) in [5, 5.41) is 5.54. The summed E-state index contributed by atoms with van der Waals surface area (Å²) >= 11 is 0. The van der Waals surface area contributed by atoms with E-state index in [2.05, 4.69) is 10.6 Å². The number of carbonyl (C=O) groups is 2. The fraction of sp³-hybridized carbons (Fsp3) is 0.500. The number of methoxy groups -OCH3 is 2. The van der Waals surface area contributed by atoms with E-state index in [1.54, 1.807) is 14.2 Å². The van der Waals surface area contributed by atoms with Gasteiger partial charge in [-0.05, 0) is 37.0 Å². The Bertz CT molecular complexity index is 541. The lowest BCUT2D eigenvalue weighted by atomic mass is 10.1. The molecule has 0 heterocycles. The van der Waals surface area contributed by atoms with Crippen molar-refractivity contribution in [2.75, 3.05) is 20.8 Å². The molecule has 1 aliphatic rings. The molecule has 2 rings (SSSR count). The summed E-state index contributed by atoms with van der Waals surface area (Å²) in [4.78, 5) is 23.1. The number of amides is 2. The van der Waals surface area contributed by atoms with Crippen LogP contribution in [0.2, 0.25) is 0 Å². The summed E-state index contributed by atoms with van der Waals surface area (Å²) in [6, 6.07) is 5.92. The molecule has 1 fully saturated rings. The first-order valence-corrected chi connectivity index (χ1v) is 7.39. The van der Waals surface area contributed by atoms with Crippen LogP contribution in [0.5, 0.6) is 11.5 Å². The van der Waals surface area contributed by atoms with Gasteiger partial charge >= 0.3 is 0 Å². The fourth-order valence-electron chi connectivity index (χ4n) is 2.10. The van der Waals surface area contributed by atoms with Crippen molar-refractivity contribution in [3.63, 3.8) is 0 Å². The van der Waals surface area contributed by atoms with Crippen LogP contribution in [-0.4, -0.2) is 38.6 Å². The van der Waals surface area contributed by atoms with Crippen molar-refractivity contribution in [3.05, 3.63) is 23.8 Å². The molecule has 0 aliphatic heterocycles. The molecule has 6 nitrogen and oxygen atoms in total. The van der Waals surface area contributed by atoms with Gasteiger partial charge in [-0.1, -0.05) is 6.07 Å². The molecule has 22 heavy (non-hydrogen) atoms. The van der Waals surface area contributed by atoms with Crippen molar-refractivity contribution in [2.45, 2.75) is 31.7 Å². The van der Waals surface area contributed by atoms with Crippen LogP contribution in [0.25, 0.3) is 0 Å². The van der Waals surface area contributed by atoms with Crippen LogP contribution in [0.15, 0.2) is 18.2 Å². The lowest BCUT2D eigenvalue weighted by Crippen LogP contribution is -2.33. The summed E-state index contributed by atoms with van der Waals surface area (Å²) < 4.78 is 10.4. The molecule has 1 saturated carbocycles. The Morgan fingerprint density at radius 1 is 1.14 bits per heavy atom. The topological polar surface area (TPSA) is 76.7 Å². The minimum atomic E-state index is -0.251. The molecule has 0 spiro atoms. The van der Waals surface area contributed by atoms with E-state index >= 15 is 0 Å². The number of hydrogen-bond acceptors (Lipinski definition) is 4. The van der Waals surface area contributed by atoms with Gasteiger partial charge in [-0.25, -0.2) is 0 Å². The lowest BCUT2D eigenvalue weighted by molar-refractivity contribution is -0.129. The summed E-state index contributed by atoms with van der Waals surface area (Å²) in [6.07, 6.45) is 2.60. The zero-order chi connectivity index (χ0) is 15.9. The summed E-state index contributed by atoms with van der Waals surface area (Å²) in [5.74, 6) is 0.881. The quantitative estimate of drug-likeness (QED) is 0.703. The van der Waals surface area contributed by atoms with Gasteiger partial charge < -0.3 is 20.1 Å². The molecule has 2 N–H and O–H groups in total. The molecule has 1 aliphatic carbocycles. The first-order chi connectivity index (χ1) is 10.6. The van der Waals surface area contributed by atoms with Crippen LogP contribution in [0.3, 0.4) is 0 Å². The number of rotatable bonds is 8. The maximum Gasteiger partial charge on any atom is 0.229 e. The van der Waals surface area contributed by atoms with Gasteiger partial charge in [-0.2, -0.15) is 0 Å². The van der Waals surface area contributed by atoms with Crippen LogP contribution >= 0.6 is 0 Å². The third-order valence-electron chi connectivity index (χ3n) is 3.45. The molecular formula is C16H22N2O4. The first-order valence-electron chi connectivity index (χ1n) is 7.39. The Kier molecular flexibility index (Phi) is 5.63. The van der Waals surface area contributed by atoms with Crippen molar-refractivity contribution in [1.82, 2.24) is 10.6 Å². The lowest BCUT2D eigenvalue weighted by Gasteiger charge is -2.10. The largest absolute Gasteiger partial charge is 0.493 e. The van der Waals surface area contributed by atoms with E-state index in [4.69, 9.17) is 9.47 Å². The Labute approximate surface area is 130 Å². The van der Waals surface area contributed by atoms with Gasteiger partial charge in [0.25, 0.3) is 0 Å². The Morgan fingerprint density at radius 2 is 1.86 bits per heavy atom. The molecule has 0 aromatic heterocycles. The Hall–Kier alpha value is -2.24. The second-order valence-electron chi connectivity index (χ2n) is 5.31. The van der Waals surface area contributed by atoms with E-state index in [-0.39, 0.29) is 24.3 Å². The van der Waals surface area contributed by atoms with Crippen molar-refractivity contribution in [2.24, 2.45) is 0 Å². The van der Waals surface area contributed by atoms with E-state index < -0.39 is 0 Å². The van der Waals surface area contributed by atoms with Crippen LogP contribution in [0.1, 0.15) is 24.8 Å². The van der Waals surface area contributed by atoms with Gasteiger partial charge in [0.15, 0.2) is 11.5 Å². The highest BCUT2D eigenvalue weighted by atomic mass is 16.5. The Balaban J connectivity index is 1.73. The highest BCUT2D eigenvalue weighted by Crippen LogP contribution is 2.27. The number of hydrogen-bond donors (Lipinski definition) is 2. The standard InChI is InChI=1S/C16H22N2O4/c1-21-13-6-3-11(9-14(13)22-2)7-8-17-15(19)10-16(20)18-12-4-5-12/h3,6,9,12H,4-5,7-8,10H2,1-2H3,(H,17,19)(H,18,20). The molecule has 0 radical (unpaired) electrons. The van der Waals surface area contributed by atoms with Gasteiger partial charge in [0.05, 0.1) is 14.2 Å².